The molecule has 0 saturated heterocycles. The smallest absolute Gasteiger partial charge is 0.333 e. The quantitative estimate of drug-likeness (QED) is 0.166. The van der Waals surface area contributed by atoms with Crippen molar-refractivity contribution < 1.29 is 8.83 Å². The van der Waals surface area contributed by atoms with Crippen LogP contribution in [0.5, 0.6) is 0 Å². The van der Waals surface area contributed by atoms with Gasteiger partial charge < -0.3 is 18.2 Å². The van der Waals surface area contributed by atoms with Gasteiger partial charge in [0.2, 0.25) is 0 Å². The van der Waals surface area contributed by atoms with E-state index in [1.165, 1.54) is 91.8 Å². The molecule has 0 radical (unpaired) electrons. The molecule has 0 spiro atoms. The van der Waals surface area contributed by atoms with Crippen LogP contribution in [0, 0.1) is 0 Å². The number of furan rings is 2. The first-order chi connectivity index (χ1) is 35.6. The summed E-state index contributed by atoms with van der Waals surface area (Å²) < 4.78 is 19.9. The lowest BCUT2D eigenvalue weighted by molar-refractivity contribution is 0.590. The molecule has 0 atom stereocenters. The van der Waals surface area contributed by atoms with Crippen LogP contribution in [0.25, 0.3) is 114 Å². The Bertz CT molecular complexity index is 4530. The Morgan fingerprint density at radius 2 is 1.11 bits per heavy atom. The number of benzene rings is 9. The molecule has 0 N–H and O–H groups in total. The van der Waals surface area contributed by atoms with Gasteiger partial charge in [-0.15, -0.1) is 11.3 Å². The van der Waals surface area contributed by atoms with Crippen molar-refractivity contribution in [3.05, 3.63) is 187 Å². The summed E-state index contributed by atoms with van der Waals surface area (Å²) in [5, 5.41) is 8.43. The van der Waals surface area contributed by atoms with Gasteiger partial charge in [0.05, 0.1) is 11.0 Å². The third kappa shape index (κ3) is 6.09. The van der Waals surface area contributed by atoms with Gasteiger partial charge >= 0.3 is 6.85 Å². The van der Waals surface area contributed by atoms with Gasteiger partial charge in [0.1, 0.15) is 22.5 Å². The minimum atomic E-state index is -0.263. The van der Waals surface area contributed by atoms with E-state index in [2.05, 4.69) is 242 Å². The van der Waals surface area contributed by atoms with Gasteiger partial charge in [-0.3, -0.25) is 0 Å². The zero-order valence-electron chi connectivity index (χ0n) is 43.4. The molecular weight excluding hydrogens is 920 g/mol. The highest BCUT2D eigenvalue weighted by Crippen LogP contribution is 2.54. The number of hydrogen-bond acceptors (Lipinski definition) is 4. The molecule has 13 aromatic rings. The van der Waals surface area contributed by atoms with Gasteiger partial charge in [0.25, 0.3) is 0 Å². The molecule has 4 nitrogen and oxygen atoms in total. The van der Waals surface area contributed by atoms with Gasteiger partial charge in [-0.05, 0) is 110 Å². The van der Waals surface area contributed by atoms with E-state index in [-0.39, 0.29) is 23.1 Å². The fourth-order valence-corrected chi connectivity index (χ4v) is 13.8. The number of fused-ring (bicyclic) bond motifs is 17. The van der Waals surface area contributed by atoms with Gasteiger partial charge in [-0.2, -0.15) is 0 Å². The third-order valence-corrected chi connectivity index (χ3v) is 17.5. The molecule has 6 heterocycles. The van der Waals surface area contributed by atoms with Crippen LogP contribution < -0.4 is 15.7 Å². The summed E-state index contributed by atoms with van der Waals surface area (Å²) in [4.78, 5) is 2.66. The van der Waals surface area contributed by atoms with Crippen LogP contribution in [0.15, 0.2) is 179 Å². The average molecular weight is 975 g/mol. The lowest BCUT2D eigenvalue weighted by atomic mass is 9.43. The van der Waals surface area contributed by atoms with Crippen molar-refractivity contribution in [2.45, 2.75) is 78.6 Å². The zero-order chi connectivity index (χ0) is 50.3. The van der Waals surface area contributed by atoms with Gasteiger partial charge in [0.15, 0.2) is 0 Å². The van der Waals surface area contributed by atoms with Crippen LogP contribution in [0.4, 0.5) is 11.4 Å². The first-order valence-corrected chi connectivity index (χ1v) is 27.0. The number of para-hydroxylation sites is 1. The summed E-state index contributed by atoms with van der Waals surface area (Å²) in [6.07, 6.45) is 0. The molecule has 6 heteroatoms. The second kappa shape index (κ2) is 14.9. The Hall–Kier alpha value is -7.80. The van der Waals surface area contributed by atoms with Gasteiger partial charge in [0, 0.05) is 86.4 Å². The van der Waals surface area contributed by atoms with Crippen LogP contribution in [-0.2, 0) is 16.2 Å². The number of nitrogens with zero attached hydrogens (tertiary/aromatic N) is 2. The number of aromatic nitrogens is 1. The molecule has 0 saturated carbocycles. The number of anilines is 2. The van der Waals surface area contributed by atoms with E-state index in [9.17, 15) is 0 Å². The number of hydrogen-bond donors (Lipinski definition) is 0. The lowest BCUT2D eigenvalue weighted by Crippen LogP contribution is -2.60. The second-order valence-electron chi connectivity index (χ2n) is 24.1. The second-order valence-corrected chi connectivity index (χ2v) is 25.2. The first kappa shape index (κ1) is 43.8. The summed E-state index contributed by atoms with van der Waals surface area (Å²) in [5.74, 6) is 0.874. The molecule has 0 fully saturated rings. The molecule has 0 amide bonds. The fourth-order valence-electron chi connectivity index (χ4n) is 12.7. The Morgan fingerprint density at radius 1 is 0.459 bits per heavy atom. The van der Waals surface area contributed by atoms with E-state index in [0.29, 0.717) is 0 Å². The minimum Gasteiger partial charge on any atom is -0.455 e. The van der Waals surface area contributed by atoms with Crippen molar-refractivity contribution in [1.29, 1.82) is 0 Å². The highest BCUT2D eigenvalue weighted by atomic mass is 32.1. The molecule has 15 rings (SSSR count). The standard InChI is InChI=1S/C68H55BN2O2S/c1-66(2,3)40-24-28-43(29-25-40)71-52-37-57-46(44-30-26-42(68(7,8)9)33-56(44)74-57)34-48(52)61-62-63-59(60-45-22-16-17-23-54(45)72-65(60)61)47-32-41(67(4,5)6)27-31-51(47)70(63)53-35-49-55(36-50(53)69(62)71)73-64(39-20-14-11-15-21-39)58(49)38-18-12-10-13-19-38/h10-37H,1-9H3. The van der Waals surface area contributed by atoms with Crippen molar-refractivity contribution in [3.8, 4) is 39.3 Å². The summed E-state index contributed by atoms with van der Waals surface area (Å²) in [5.41, 5.74) is 20.5. The monoisotopic (exact) mass is 974 g/mol. The summed E-state index contributed by atoms with van der Waals surface area (Å²) in [7, 11) is 0. The molecule has 358 valence electrons. The van der Waals surface area contributed by atoms with E-state index < -0.39 is 0 Å². The van der Waals surface area contributed by atoms with Crippen molar-refractivity contribution in [2.75, 3.05) is 4.81 Å². The molecule has 0 unspecified atom stereocenters. The molecule has 74 heavy (non-hydrogen) atoms. The molecule has 0 aliphatic carbocycles. The van der Waals surface area contributed by atoms with Crippen molar-refractivity contribution in [3.63, 3.8) is 0 Å². The zero-order valence-corrected chi connectivity index (χ0v) is 44.2. The predicted octanol–water partition coefficient (Wildman–Crippen LogP) is 18.3. The normalized spacial score (nSPS) is 13.7. The fraction of sp³-hybridized carbons (Fsp3) is 0.176. The topological polar surface area (TPSA) is 34.5 Å². The lowest BCUT2D eigenvalue weighted by Gasteiger charge is -2.42. The Balaban J connectivity index is 1.16. The highest BCUT2D eigenvalue weighted by Gasteiger charge is 2.47. The SMILES string of the molecule is CC(C)(C)c1ccc(N2B3c4cc5oc(-c6ccccc6)c(-c6ccccc6)c5cc4-n4c5ccc(C(C)(C)C)cc5c5c6c(oc7ccccc76)c(c3c54)-c3cc4c(cc32)sc2cc(C(C)(C)C)ccc24)cc1. The Kier molecular flexibility index (Phi) is 8.82. The largest absolute Gasteiger partial charge is 0.455 e. The van der Waals surface area contributed by atoms with Crippen LogP contribution in [-0.4, -0.2) is 11.4 Å². The maximum atomic E-state index is 7.40. The Morgan fingerprint density at radius 3 is 1.84 bits per heavy atom. The average Bonchev–Trinajstić information content (AvgIpc) is 4.20. The van der Waals surface area contributed by atoms with Crippen molar-refractivity contribution in [2.24, 2.45) is 0 Å². The van der Waals surface area contributed by atoms with E-state index in [4.69, 9.17) is 8.83 Å². The first-order valence-electron chi connectivity index (χ1n) is 26.2. The van der Waals surface area contributed by atoms with Crippen LogP contribution >= 0.6 is 11.3 Å². The van der Waals surface area contributed by atoms with E-state index in [1.54, 1.807) is 0 Å². The number of thiophene rings is 1. The minimum absolute atomic E-state index is 0.0127. The summed E-state index contributed by atoms with van der Waals surface area (Å²) in [6, 6.07) is 63.7. The number of rotatable bonds is 3. The molecular formula is C68H55BN2O2S. The maximum Gasteiger partial charge on any atom is 0.333 e. The van der Waals surface area contributed by atoms with Crippen LogP contribution in [0.1, 0.15) is 79.0 Å². The molecule has 4 aromatic heterocycles. The van der Waals surface area contributed by atoms with Crippen molar-refractivity contribution in [1.82, 2.24) is 4.57 Å². The molecule has 9 aromatic carbocycles. The molecule has 0 bridgehead atoms. The van der Waals surface area contributed by atoms with Crippen molar-refractivity contribution >= 4 is 115 Å². The van der Waals surface area contributed by atoms with E-state index in [0.717, 1.165) is 61.3 Å². The molecule has 2 aliphatic heterocycles. The predicted molar refractivity (Wildman–Crippen MR) is 317 cm³/mol. The van der Waals surface area contributed by atoms with Gasteiger partial charge in [-0.25, -0.2) is 0 Å². The van der Waals surface area contributed by atoms with Gasteiger partial charge in [-0.1, -0.05) is 172 Å². The molecule has 2 aliphatic rings. The van der Waals surface area contributed by atoms with Crippen LogP contribution in [0.3, 0.4) is 0 Å². The maximum absolute atomic E-state index is 7.40. The van der Waals surface area contributed by atoms with E-state index >= 15 is 0 Å². The van der Waals surface area contributed by atoms with E-state index in [1.807, 2.05) is 11.3 Å². The highest BCUT2D eigenvalue weighted by molar-refractivity contribution is 7.25. The summed E-state index contributed by atoms with van der Waals surface area (Å²) >= 11 is 1.90. The van der Waals surface area contributed by atoms with Crippen LogP contribution in [0.2, 0.25) is 0 Å². The summed E-state index contributed by atoms with van der Waals surface area (Å²) in [6.45, 7) is 20.5. The third-order valence-electron chi connectivity index (χ3n) is 16.4. The Labute approximate surface area is 435 Å².